The number of nitrogens with zero attached hydrogens (tertiary/aromatic N) is 2. The summed E-state index contributed by atoms with van der Waals surface area (Å²) in [6.45, 7) is 2.32. The lowest BCUT2D eigenvalue weighted by Gasteiger charge is -2.17. The first-order valence-corrected chi connectivity index (χ1v) is 12.0. The van der Waals surface area contributed by atoms with Gasteiger partial charge < -0.3 is 15.8 Å². The van der Waals surface area contributed by atoms with Gasteiger partial charge >= 0.3 is 0 Å². The van der Waals surface area contributed by atoms with Gasteiger partial charge in [-0.2, -0.15) is 5.10 Å². The maximum Gasteiger partial charge on any atom is 0.272 e. The van der Waals surface area contributed by atoms with Gasteiger partial charge in [0, 0.05) is 30.5 Å². The minimum atomic E-state index is -3.47. The van der Waals surface area contributed by atoms with Crippen LogP contribution in [0.4, 0.5) is 5.69 Å². The Morgan fingerprint density at radius 3 is 2.52 bits per heavy atom. The summed E-state index contributed by atoms with van der Waals surface area (Å²) in [5.74, 6) is -0.408. The van der Waals surface area contributed by atoms with E-state index in [0.29, 0.717) is 22.5 Å². The molecule has 1 amide bonds. The van der Waals surface area contributed by atoms with E-state index in [1.165, 1.54) is 4.68 Å². The van der Waals surface area contributed by atoms with Gasteiger partial charge in [0.1, 0.15) is 5.84 Å². The Morgan fingerprint density at radius 2 is 1.88 bits per heavy atom. The fourth-order valence-electron chi connectivity index (χ4n) is 3.12. The summed E-state index contributed by atoms with van der Waals surface area (Å²) in [4.78, 5) is 12.8. The fraction of sp³-hybridized carbons (Fsp3) is 0.227. The van der Waals surface area contributed by atoms with Crippen LogP contribution in [0.5, 0.6) is 0 Å². The van der Waals surface area contributed by atoms with Crippen molar-refractivity contribution in [3.8, 4) is 11.3 Å². The van der Waals surface area contributed by atoms with Crippen molar-refractivity contribution in [1.29, 1.82) is 5.41 Å². The number of carbonyl (C=O) groups is 1. The van der Waals surface area contributed by atoms with E-state index in [2.05, 4.69) is 15.1 Å². The maximum atomic E-state index is 12.8. The molecule has 33 heavy (non-hydrogen) atoms. The number of rotatable bonds is 10. The van der Waals surface area contributed by atoms with E-state index < -0.39 is 16.3 Å². The van der Waals surface area contributed by atoms with Gasteiger partial charge in [-0.1, -0.05) is 42.5 Å². The topological polar surface area (TPSA) is 152 Å². The number of nitrogen functional groups attached to an aromatic ring is 1. The molecule has 0 saturated heterocycles. The number of para-hydroxylation sites is 1. The number of amides is 1. The van der Waals surface area contributed by atoms with E-state index in [9.17, 15) is 13.2 Å². The van der Waals surface area contributed by atoms with Crippen molar-refractivity contribution in [3.63, 3.8) is 0 Å². The summed E-state index contributed by atoms with van der Waals surface area (Å²) >= 11 is 0. The first-order chi connectivity index (χ1) is 15.7. The largest absolute Gasteiger partial charge is 0.384 e. The van der Waals surface area contributed by atoms with Crippen LogP contribution in [0.1, 0.15) is 24.3 Å². The highest BCUT2D eigenvalue weighted by molar-refractivity contribution is 7.92. The Bertz CT molecular complexity index is 1240. The molecule has 1 atom stereocenters. The lowest BCUT2D eigenvalue weighted by atomic mass is 10.1. The molecule has 5 N–H and O–H groups in total. The fourth-order valence-corrected chi connectivity index (χ4v) is 3.69. The molecule has 3 rings (SSSR count). The molecule has 0 aliphatic carbocycles. The van der Waals surface area contributed by atoms with Crippen LogP contribution in [0, 0.1) is 5.41 Å². The van der Waals surface area contributed by atoms with Crippen molar-refractivity contribution in [2.24, 2.45) is 5.73 Å². The Labute approximate surface area is 192 Å². The molecule has 0 radical (unpaired) electrons. The van der Waals surface area contributed by atoms with Crippen LogP contribution >= 0.6 is 0 Å². The molecule has 1 heterocycles. The van der Waals surface area contributed by atoms with Gasteiger partial charge in [-0.3, -0.25) is 14.9 Å². The quantitative estimate of drug-likeness (QED) is 0.263. The second-order valence-corrected chi connectivity index (χ2v) is 8.99. The molecule has 11 heteroatoms. The summed E-state index contributed by atoms with van der Waals surface area (Å²) < 4.78 is 32.9. The average molecular weight is 471 g/mol. The van der Waals surface area contributed by atoms with Crippen LogP contribution < -0.4 is 15.8 Å². The van der Waals surface area contributed by atoms with Crippen molar-refractivity contribution in [3.05, 3.63) is 71.9 Å². The monoisotopic (exact) mass is 470 g/mol. The van der Waals surface area contributed by atoms with Crippen LogP contribution in [0.2, 0.25) is 0 Å². The van der Waals surface area contributed by atoms with Crippen molar-refractivity contribution < 1.29 is 17.9 Å². The Hall–Kier alpha value is -3.70. The van der Waals surface area contributed by atoms with E-state index in [1.54, 1.807) is 67.7 Å². The second-order valence-electron chi connectivity index (χ2n) is 7.24. The minimum absolute atomic E-state index is 0.0233. The molecule has 2 aromatic carbocycles. The molecular weight excluding hydrogens is 444 g/mol. The molecule has 0 aliphatic heterocycles. The number of amidine groups is 1. The normalized spacial score (nSPS) is 12.2. The zero-order valence-electron chi connectivity index (χ0n) is 18.3. The van der Waals surface area contributed by atoms with Crippen molar-refractivity contribution in [2.45, 2.75) is 19.7 Å². The molecule has 0 fully saturated rings. The summed E-state index contributed by atoms with van der Waals surface area (Å²) in [6.07, 6.45) is 1.68. The number of nitrogens with two attached hydrogens (primary N) is 1. The van der Waals surface area contributed by atoms with Crippen molar-refractivity contribution in [2.75, 3.05) is 17.6 Å². The Morgan fingerprint density at radius 1 is 1.18 bits per heavy atom. The maximum absolute atomic E-state index is 12.8. The molecule has 3 aromatic rings. The standard InChI is InChI=1S/C22H26N6O4S/c1-3-32-22(21(29)25-14-15-8-10-16(11-9-15)20(23)24)28-13-12-18(26-28)17-6-4-5-7-19(17)27-33(2,30)31/h4-13,22,27H,3,14H2,1-2H3,(H3,23,24)(H,25,29)/t22-/m0/s1. The molecule has 1 aromatic heterocycles. The molecule has 0 bridgehead atoms. The smallest absolute Gasteiger partial charge is 0.272 e. The highest BCUT2D eigenvalue weighted by Crippen LogP contribution is 2.27. The molecular formula is C22H26N6O4S. The number of benzene rings is 2. The molecule has 0 saturated carbocycles. The molecule has 0 spiro atoms. The first-order valence-electron chi connectivity index (χ1n) is 10.1. The molecule has 0 unspecified atom stereocenters. The van der Waals surface area contributed by atoms with Gasteiger partial charge in [0.2, 0.25) is 16.3 Å². The zero-order valence-corrected chi connectivity index (χ0v) is 19.1. The van der Waals surface area contributed by atoms with E-state index in [1.807, 2.05) is 0 Å². The van der Waals surface area contributed by atoms with Crippen LogP contribution in [0.15, 0.2) is 60.8 Å². The summed E-state index contributed by atoms with van der Waals surface area (Å²) in [7, 11) is -3.47. The van der Waals surface area contributed by atoms with Crippen LogP contribution in [0.3, 0.4) is 0 Å². The van der Waals surface area contributed by atoms with Gasteiger partial charge in [0.25, 0.3) is 5.91 Å². The van der Waals surface area contributed by atoms with E-state index in [0.717, 1.165) is 11.8 Å². The van der Waals surface area contributed by atoms with Gasteiger partial charge in [0.05, 0.1) is 17.6 Å². The number of aromatic nitrogens is 2. The third-order valence-corrected chi connectivity index (χ3v) is 5.22. The Balaban J connectivity index is 1.77. The molecule has 0 aliphatic rings. The van der Waals surface area contributed by atoms with Gasteiger partial charge in [-0.15, -0.1) is 0 Å². The van der Waals surface area contributed by atoms with E-state index in [4.69, 9.17) is 15.9 Å². The summed E-state index contributed by atoms with van der Waals surface area (Å²) in [5, 5.41) is 14.7. The minimum Gasteiger partial charge on any atom is -0.384 e. The summed E-state index contributed by atoms with van der Waals surface area (Å²) in [6, 6.07) is 15.5. The van der Waals surface area contributed by atoms with Crippen LogP contribution in [-0.2, 0) is 26.1 Å². The molecule has 10 nitrogen and oxygen atoms in total. The molecule has 174 valence electrons. The lowest BCUT2D eigenvalue weighted by Crippen LogP contribution is -2.34. The number of carbonyl (C=O) groups excluding carboxylic acids is 1. The third kappa shape index (κ3) is 6.40. The number of sulfonamides is 1. The third-order valence-electron chi connectivity index (χ3n) is 4.63. The number of nitrogens with one attached hydrogen (secondary N) is 3. The zero-order chi connectivity index (χ0) is 24.0. The number of anilines is 1. The second kappa shape index (κ2) is 10.3. The van der Waals surface area contributed by atoms with Crippen LogP contribution in [-0.4, -0.2) is 42.8 Å². The predicted octanol–water partition coefficient (Wildman–Crippen LogP) is 2.06. The van der Waals surface area contributed by atoms with E-state index >= 15 is 0 Å². The number of hydrogen-bond donors (Lipinski definition) is 4. The average Bonchev–Trinajstić information content (AvgIpc) is 3.25. The van der Waals surface area contributed by atoms with Crippen LogP contribution in [0.25, 0.3) is 11.3 Å². The number of hydrogen-bond acceptors (Lipinski definition) is 6. The van der Waals surface area contributed by atoms with Gasteiger partial charge in [0.15, 0.2) is 0 Å². The van der Waals surface area contributed by atoms with Gasteiger partial charge in [-0.05, 0) is 24.6 Å². The van der Waals surface area contributed by atoms with Crippen molar-refractivity contribution >= 4 is 27.5 Å². The predicted molar refractivity (Wildman–Crippen MR) is 126 cm³/mol. The highest BCUT2D eigenvalue weighted by atomic mass is 32.2. The Kier molecular flexibility index (Phi) is 7.46. The lowest BCUT2D eigenvalue weighted by molar-refractivity contribution is -0.139. The highest BCUT2D eigenvalue weighted by Gasteiger charge is 2.22. The van der Waals surface area contributed by atoms with Crippen molar-refractivity contribution in [1.82, 2.24) is 15.1 Å². The first kappa shape index (κ1) is 24.0. The van der Waals surface area contributed by atoms with Gasteiger partial charge in [-0.25, -0.2) is 13.1 Å². The SMILES string of the molecule is CCO[C@@H](C(=O)NCc1ccc(C(=N)N)cc1)n1ccc(-c2ccccc2NS(C)(=O)=O)n1. The summed E-state index contributed by atoms with van der Waals surface area (Å²) in [5.41, 5.74) is 8.35. The number of ether oxygens (including phenoxy) is 1. The van der Waals surface area contributed by atoms with E-state index in [-0.39, 0.29) is 24.9 Å².